The van der Waals surface area contributed by atoms with Crippen LogP contribution in [-0.2, 0) is 5.41 Å². The van der Waals surface area contributed by atoms with E-state index in [1.807, 2.05) is 0 Å². The molecule has 34 heavy (non-hydrogen) atoms. The van der Waals surface area contributed by atoms with Crippen LogP contribution in [0, 0.1) is 0 Å². The molecule has 4 aromatic carbocycles. The first-order valence-electron chi connectivity index (χ1n) is 12.2. The average Bonchev–Trinajstić information content (AvgIpc) is 3.16. The van der Waals surface area contributed by atoms with Crippen molar-refractivity contribution in [3.8, 4) is 5.69 Å². The van der Waals surface area contributed by atoms with Gasteiger partial charge >= 0.3 is 0 Å². The highest BCUT2D eigenvalue weighted by Gasteiger charge is 2.19. The van der Waals surface area contributed by atoms with Crippen LogP contribution < -0.4 is 4.90 Å². The summed E-state index contributed by atoms with van der Waals surface area (Å²) in [6.45, 7) is 11.4. The molecule has 0 saturated heterocycles. The summed E-state index contributed by atoms with van der Waals surface area (Å²) in [5, 5.41) is 2.66. The Morgan fingerprint density at radius 1 is 0.676 bits per heavy atom. The standard InChI is InChI=1S/C32H34N2/c1-22(2)23-12-18-30-28(20-23)29-21-24(32(3,4)5)13-19-31(29)34(30)27-16-14-26(15-17-27)33(6)25-10-8-7-9-11-25/h7-22H,1-6H3. The Labute approximate surface area is 203 Å². The number of aromatic nitrogens is 1. The maximum Gasteiger partial charge on any atom is 0.0541 e. The van der Waals surface area contributed by atoms with Gasteiger partial charge in [0.2, 0.25) is 0 Å². The molecule has 0 saturated carbocycles. The fourth-order valence-electron chi connectivity index (χ4n) is 4.77. The van der Waals surface area contributed by atoms with Crippen LogP contribution >= 0.6 is 0 Å². The second-order valence-corrected chi connectivity index (χ2v) is 10.7. The number of para-hydroxylation sites is 1. The van der Waals surface area contributed by atoms with Crippen molar-refractivity contribution in [3.63, 3.8) is 0 Å². The monoisotopic (exact) mass is 446 g/mol. The Morgan fingerprint density at radius 2 is 1.26 bits per heavy atom. The van der Waals surface area contributed by atoms with Crippen molar-refractivity contribution < 1.29 is 0 Å². The minimum Gasteiger partial charge on any atom is -0.345 e. The van der Waals surface area contributed by atoms with Crippen LogP contribution in [0.2, 0.25) is 0 Å². The number of nitrogens with zero attached hydrogens (tertiary/aromatic N) is 2. The van der Waals surface area contributed by atoms with Gasteiger partial charge in [-0.15, -0.1) is 0 Å². The van der Waals surface area contributed by atoms with Crippen LogP contribution in [-0.4, -0.2) is 11.6 Å². The molecule has 172 valence electrons. The van der Waals surface area contributed by atoms with Crippen molar-refractivity contribution >= 4 is 33.2 Å². The zero-order valence-corrected chi connectivity index (χ0v) is 21.1. The van der Waals surface area contributed by atoms with Gasteiger partial charge in [-0.1, -0.05) is 65.0 Å². The molecule has 5 rings (SSSR count). The largest absolute Gasteiger partial charge is 0.345 e. The first-order valence-corrected chi connectivity index (χ1v) is 12.2. The molecular formula is C32H34N2. The SMILES string of the molecule is CC(C)c1ccc2c(c1)c1cc(C(C)(C)C)ccc1n2-c1ccc(N(C)c2ccccc2)cc1. The zero-order valence-electron chi connectivity index (χ0n) is 21.1. The highest BCUT2D eigenvalue weighted by atomic mass is 15.1. The predicted molar refractivity (Wildman–Crippen MR) is 148 cm³/mol. The summed E-state index contributed by atoms with van der Waals surface area (Å²) in [5.41, 5.74) is 8.92. The summed E-state index contributed by atoms with van der Waals surface area (Å²) >= 11 is 0. The lowest BCUT2D eigenvalue weighted by Crippen LogP contribution is -2.10. The van der Waals surface area contributed by atoms with Gasteiger partial charge < -0.3 is 9.47 Å². The van der Waals surface area contributed by atoms with Crippen LogP contribution in [0.5, 0.6) is 0 Å². The summed E-state index contributed by atoms with van der Waals surface area (Å²) in [4.78, 5) is 2.22. The molecule has 0 atom stereocenters. The third-order valence-electron chi connectivity index (χ3n) is 6.96. The molecule has 5 aromatic rings. The maximum absolute atomic E-state index is 2.41. The molecule has 0 spiro atoms. The van der Waals surface area contributed by atoms with Crippen LogP contribution in [0.25, 0.3) is 27.5 Å². The summed E-state index contributed by atoms with van der Waals surface area (Å²) in [6.07, 6.45) is 0. The lowest BCUT2D eigenvalue weighted by molar-refractivity contribution is 0.591. The summed E-state index contributed by atoms with van der Waals surface area (Å²) in [5.74, 6) is 0.501. The molecule has 1 heterocycles. The van der Waals surface area contributed by atoms with E-state index in [-0.39, 0.29) is 5.41 Å². The molecule has 2 nitrogen and oxygen atoms in total. The van der Waals surface area contributed by atoms with Gasteiger partial charge in [0.25, 0.3) is 0 Å². The average molecular weight is 447 g/mol. The second-order valence-electron chi connectivity index (χ2n) is 10.7. The predicted octanol–water partition coefficient (Wildman–Crippen LogP) is 8.97. The van der Waals surface area contributed by atoms with E-state index in [9.17, 15) is 0 Å². The minimum absolute atomic E-state index is 0.113. The van der Waals surface area contributed by atoms with E-state index in [0.29, 0.717) is 5.92 Å². The van der Waals surface area contributed by atoms with Crippen molar-refractivity contribution in [2.24, 2.45) is 0 Å². The van der Waals surface area contributed by atoms with Gasteiger partial charge in [-0.25, -0.2) is 0 Å². The molecule has 0 bridgehead atoms. The molecule has 0 N–H and O–H groups in total. The third kappa shape index (κ3) is 3.88. The fourth-order valence-corrected chi connectivity index (χ4v) is 4.77. The fraction of sp³-hybridized carbons (Fsp3) is 0.250. The van der Waals surface area contributed by atoms with Crippen molar-refractivity contribution in [2.75, 3.05) is 11.9 Å². The summed E-state index contributed by atoms with van der Waals surface area (Å²) < 4.78 is 2.41. The van der Waals surface area contributed by atoms with Crippen molar-refractivity contribution in [1.29, 1.82) is 0 Å². The topological polar surface area (TPSA) is 8.17 Å². The Balaban J connectivity index is 1.68. The number of fused-ring (bicyclic) bond motifs is 3. The molecule has 0 aliphatic carbocycles. The third-order valence-corrected chi connectivity index (χ3v) is 6.96. The summed E-state index contributed by atoms with van der Waals surface area (Å²) in [6, 6.07) is 33.4. The molecule has 2 heteroatoms. The minimum atomic E-state index is 0.113. The van der Waals surface area contributed by atoms with Crippen LogP contribution in [0.4, 0.5) is 11.4 Å². The smallest absolute Gasteiger partial charge is 0.0541 e. The molecular weight excluding hydrogens is 412 g/mol. The number of hydrogen-bond acceptors (Lipinski definition) is 1. The molecule has 0 aliphatic rings. The van der Waals surface area contributed by atoms with E-state index in [1.54, 1.807) is 0 Å². The number of hydrogen-bond donors (Lipinski definition) is 0. The zero-order chi connectivity index (χ0) is 24.0. The Morgan fingerprint density at radius 3 is 1.88 bits per heavy atom. The van der Waals surface area contributed by atoms with E-state index < -0.39 is 0 Å². The van der Waals surface area contributed by atoms with Crippen LogP contribution in [0.15, 0.2) is 91.0 Å². The van der Waals surface area contributed by atoms with Gasteiger partial charge in [0.15, 0.2) is 0 Å². The van der Waals surface area contributed by atoms with E-state index in [2.05, 4.69) is 142 Å². The van der Waals surface area contributed by atoms with Gasteiger partial charge in [-0.3, -0.25) is 0 Å². The Kier molecular flexibility index (Phi) is 5.48. The lowest BCUT2D eigenvalue weighted by atomic mass is 9.86. The lowest BCUT2D eigenvalue weighted by Gasteiger charge is -2.20. The van der Waals surface area contributed by atoms with Crippen molar-refractivity contribution in [1.82, 2.24) is 4.57 Å². The molecule has 0 fully saturated rings. The normalized spacial score (nSPS) is 12.1. The molecule has 0 aliphatic heterocycles. The van der Waals surface area contributed by atoms with Gasteiger partial charge in [-0.2, -0.15) is 0 Å². The van der Waals surface area contributed by atoms with Gasteiger partial charge in [0.1, 0.15) is 0 Å². The number of rotatable bonds is 4. The van der Waals surface area contributed by atoms with E-state index in [0.717, 1.165) is 0 Å². The first-order chi connectivity index (χ1) is 16.2. The Hall–Kier alpha value is -3.52. The number of anilines is 2. The second kappa shape index (κ2) is 8.36. The van der Waals surface area contributed by atoms with Crippen molar-refractivity contribution in [3.05, 3.63) is 102 Å². The molecule has 0 radical (unpaired) electrons. The quantitative estimate of drug-likeness (QED) is 0.267. The van der Waals surface area contributed by atoms with E-state index in [1.165, 1.54) is 50.0 Å². The first kappa shape index (κ1) is 22.3. The van der Waals surface area contributed by atoms with Crippen LogP contribution in [0.1, 0.15) is 51.7 Å². The van der Waals surface area contributed by atoms with Crippen molar-refractivity contribution in [2.45, 2.75) is 46.0 Å². The highest BCUT2D eigenvalue weighted by Crippen LogP contribution is 2.37. The molecule has 0 unspecified atom stereocenters. The van der Waals surface area contributed by atoms with Gasteiger partial charge in [0.05, 0.1) is 11.0 Å². The van der Waals surface area contributed by atoms with Gasteiger partial charge in [-0.05, 0) is 83.1 Å². The van der Waals surface area contributed by atoms with E-state index >= 15 is 0 Å². The maximum atomic E-state index is 2.41. The Bertz CT molecular complexity index is 1450. The van der Waals surface area contributed by atoms with E-state index in [4.69, 9.17) is 0 Å². The highest BCUT2D eigenvalue weighted by molar-refractivity contribution is 6.09. The van der Waals surface area contributed by atoms with Gasteiger partial charge in [0, 0.05) is 34.9 Å². The number of benzene rings is 4. The molecule has 1 aromatic heterocycles. The molecule has 0 amide bonds. The summed E-state index contributed by atoms with van der Waals surface area (Å²) in [7, 11) is 2.12. The van der Waals surface area contributed by atoms with Crippen LogP contribution in [0.3, 0.4) is 0 Å².